The van der Waals surface area contributed by atoms with E-state index < -0.39 is 0 Å². The van der Waals surface area contributed by atoms with E-state index in [9.17, 15) is 4.79 Å². The Kier molecular flexibility index (Phi) is 7.73. The Balaban J connectivity index is 2.49. The molecule has 0 saturated heterocycles. The number of hydrogen-bond donors (Lipinski definition) is 2. The molecular formula is C16H26N2O2. The van der Waals surface area contributed by atoms with Crippen molar-refractivity contribution in [2.75, 3.05) is 25.0 Å². The number of nitrogens with zero attached hydrogens (tertiary/aromatic N) is 1. The smallest absolute Gasteiger partial charge is 0.321 e. The molecule has 1 aromatic rings. The predicted molar refractivity (Wildman–Crippen MR) is 83.0 cm³/mol. The second kappa shape index (κ2) is 9.37. The predicted octanol–water partition coefficient (Wildman–Crippen LogP) is 3.27. The van der Waals surface area contributed by atoms with E-state index in [0.29, 0.717) is 13.1 Å². The monoisotopic (exact) mass is 278 g/mol. The van der Waals surface area contributed by atoms with Crippen LogP contribution in [0, 0.1) is 0 Å². The Hall–Kier alpha value is -1.55. The van der Waals surface area contributed by atoms with Gasteiger partial charge in [0, 0.05) is 18.8 Å². The van der Waals surface area contributed by atoms with E-state index in [0.717, 1.165) is 12.1 Å². The molecule has 2 amide bonds. The lowest BCUT2D eigenvalue weighted by atomic mass is 10.1. The molecule has 1 rings (SSSR count). The number of hydrogen-bond acceptors (Lipinski definition) is 2. The maximum absolute atomic E-state index is 11.9. The molecule has 112 valence electrons. The van der Waals surface area contributed by atoms with Crippen LogP contribution in [0.25, 0.3) is 0 Å². The van der Waals surface area contributed by atoms with Crippen LogP contribution >= 0.6 is 0 Å². The highest BCUT2D eigenvalue weighted by Crippen LogP contribution is 2.13. The summed E-state index contributed by atoms with van der Waals surface area (Å²) in [6.45, 7) is 5.02. The Morgan fingerprint density at radius 3 is 2.45 bits per heavy atom. The molecule has 0 radical (unpaired) electrons. The lowest BCUT2D eigenvalue weighted by Crippen LogP contribution is -2.36. The molecule has 20 heavy (non-hydrogen) atoms. The SMILES string of the molecule is CCCCCc1ccc(NC(=O)N(CC)CCO)cc1. The second-order valence-electron chi connectivity index (χ2n) is 4.89. The van der Waals surface area contributed by atoms with E-state index >= 15 is 0 Å². The number of carbonyl (C=O) groups excluding carboxylic acids is 1. The summed E-state index contributed by atoms with van der Waals surface area (Å²) in [4.78, 5) is 13.5. The summed E-state index contributed by atoms with van der Waals surface area (Å²) in [7, 11) is 0. The molecule has 0 heterocycles. The summed E-state index contributed by atoms with van der Waals surface area (Å²) in [5, 5.41) is 11.7. The first-order valence-corrected chi connectivity index (χ1v) is 7.47. The van der Waals surface area contributed by atoms with Crippen LogP contribution in [-0.4, -0.2) is 35.7 Å². The molecule has 0 atom stereocenters. The number of unbranched alkanes of at least 4 members (excludes halogenated alkanes) is 2. The van der Waals surface area contributed by atoms with Crippen molar-refractivity contribution in [1.29, 1.82) is 0 Å². The van der Waals surface area contributed by atoms with Gasteiger partial charge < -0.3 is 15.3 Å². The number of anilines is 1. The number of likely N-dealkylation sites (N-methyl/N-ethyl adjacent to an activating group) is 1. The molecular weight excluding hydrogens is 252 g/mol. The molecule has 0 aliphatic rings. The van der Waals surface area contributed by atoms with Gasteiger partial charge in [0.2, 0.25) is 0 Å². The van der Waals surface area contributed by atoms with E-state index in [1.54, 1.807) is 4.90 Å². The lowest BCUT2D eigenvalue weighted by molar-refractivity contribution is 0.192. The first-order chi connectivity index (χ1) is 9.71. The molecule has 2 N–H and O–H groups in total. The van der Waals surface area contributed by atoms with Gasteiger partial charge in [-0.25, -0.2) is 4.79 Å². The lowest BCUT2D eigenvalue weighted by Gasteiger charge is -2.20. The summed E-state index contributed by atoms with van der Waals surface area (Å²) in [6, 6.07) is 7.83. The summed E-state index contributed by atoms with van der Waals surface area (Å²) >= 11 is 0. The highest BCUT2D eigenvalue weighted by molar-refractivity contribution is 5.89. The van der Waals surface area contributed by atoms with Crippen molar-refractivity contribution in [2.45, 2.75) is 39.5 Å². The standard InChI is InChI=1S/C16H26N2O2/c1-3-5-6-7-14-8-10-15(11-9-14)17-16(20)18(4-2)12-13-19/h8-11,19H,3-7,12-13H2,1-2H3,(H,17,20). The number of urea groups is 1. The van der Waals surface area contributed by atoms with E-state index in [2.05, 4.69) is 24.4 Å². The zero-order chi connectivity index (χ0) is 14.8. The van der Waals surface area contributed by atoms with Gasteiger partial charge >= 0.3 is 6.03 Å². The molecule has 0 saturated carbocycles. The number of rotatable bonds is 8. The Morgan fingerprint density at radius 2 is 1.90 bits per heavy atom. The topological polar surface area (TPSA) is 52.6 Å². The maximum atomic E-state index is 11.9. The van der Waals surface area contributed by atoms with Gasteiger partial charge in [-0.1, -0.05) is 31.9 Å². The number of benzene rings is 1. The molecule has 0 fully saturated rings. The minimum absolute atomic E-state index is 0.0162. The molecule has 4 nitrogen and oxygen atoms in total. The average molecular weight is 278 g/mol. The van der Waals surface area contributed by atoms with E-state index in [1.165, 1.54) is 24.8 Å². The number of carbonyl (C=O) groups is 1. The van der Waals surface area contributed by atoms with Gasteiger partial charge in [-0.3, -0.25) is 0 Å². The highest BCUT2D eigenvalue weighted by Gasteiger charge is 2.10. The van der Waals surface area contributed by atoms with Gasteiger partial charge in [0.1, 0.15) is 0 Å². The van der Waals surface area contributed by atoms with Gasteiger partial charge in [-0.15, -0.1) is 0 Å². The minimum Gasteiger partial charge on any atom is -0.395 e. The van der Waals surface area contributed by atoms with Gasteiger partial charge in [-0.2, -0.15) is 0 Å². The largest absolute Gasteiger partial charge is 0.395 e. The summed E-state index contributed by atoms with van der Waals surface area (Å²) in [6.07, 6.45) is 4.78. The van der Waals surface area contributed by atoms with Gasteiger partial charge in [0.25, 0.3) is 0 Å². The summed E-state index contributed by atoms with van der Waals surface area (Å²) in [5.41, 5.74) is 2.10. The molecule has 0 aliphatic heterocycles. The number of aliphatic hydroxyl groups is 1. The Bertz CT molecular complexity index is 390. The highest BCUT2D eigenvalue weighted by atomic mass is 16.3. The third kappa shape index (κ3) is 5.61. The first kappa shape index (κ1) is 16.5. The van der Waals surface area contributed by atoms with Crippen molar-refractivity contribution in [2.24, 2.45) is 0 Å². The fourth-order valence-corrected chi connectivity index (χ4v) is 2.06. The van der Waals surface area contributed by atoms with Crippen molar-refractivity contribution in [1.82, 2.24) is 4.90 Å². The van der Waals surface area contributed by atoms with Crippen molar-refractivity contribution in [3.8, 4) is 0 Å². The van der Waals surface area contributed by atoms with Crippen molar-refractivity contribution >= 4 is 11.7 Å². The average Bonchev–Trinajstić information content (AvgIpc) is 2.46. The maximum Gasteiger partial charge on any atom is 0.321 e. The Labute approximate surface area is 121 Å². The third-order valence-electron chi connectivity index (χ3n) is 3.31. The van der Waals surface area contributed by atoms with Crippen LogP contribution in [0.2, 0.25) is 0 Å². The zero-order valence-corrected chi connectivity index (χ0v) is 12.6. The fraction of sp³-hybridized carbons (Fsp3) is 0.562. The fourth-order valence-electron chi connectivity index (χ4n) is 2.06. The molecule has 0 bridgehead atoms. The van der Waals surface area contributed by atoms with E-state index in [1.807, 2.05) is 19.1 Å². The number of amides is 2. The summed E-state index contributed by atoms with van der Waals surface area (Å²) < 4.78 is 0. The minimum atomic E-state index is -0.166. The van der Waals surface area contributed by atoms with E-state index in [4.69, 9.17) is 5.11 Å². The van der Waals surface area contributed by atoms with Gasteiger partial charge in [0.15, 0.2) is 0 Å². The number of aliphatic hydroxyl groups excluding tert-OH is 1. The van der Waals surface area contributed by atoms with Crippen LogP contribution in [0.3, 0.4) is 0 Å². The van der Waals surface area contributed by atoms with Gasteiger partial charge in [0.05, 0.1) is 6.61 Å². The number of nitrogens with one attached hydrogen (secondary N) is 1. The molecule has 1 aromatic carbocycles. The second-order valence-corrected chi connectivity index (χ2v) is 4.89. The van der Waals surface area contributed by atoms with Crippen molar-refractivity contribution in [3.63, 3.8) is 0 Å². The van der Waals surface area contributed by atoms with Crippen LogP contribution in [0.15, 0.2) is 24.3 Å². The first-order valence-electron chi connectivity index (χ1n) is 7.47. The van der Waals surface area contributed by atoms with E-state index in [-0.39, 0.29) is 12.6 Å². The van der Waals surface area contributed by atoms with Crippen LogP contribution in [0.1, 0.15) is 38.7 Å². The molecule has 0 aromatic heterocycles. The normalized spacial score (nSPS) is 10.3. The molecule has 0 unspecified atom stereocenters. The van der Waals surface area contributed by atoms with Gasteiger partial charge in [-0.05, 0) is 37.5 Å². The van der Waals surface area contributed by atoms with Crippen LogP contribution < -0.4 is 5.32 Å². The van der Waals surface area contributed by atoms with Crippen molar-refractivity contribution < 1.29 is 9.90 Å². The quantitative estimate of drug-likeness (QED) is 0.717. The Morgan fingerprint density at radius 1 is 1.20 bits per heavy atom. The third-order valence-corrected chi connectivity index (χ3v) is 3.31. The molecule has 0 spiro atoms. The van der Waals surface area contributed by atoms with Crippen LogP contribution in [0.4, 0.5) is 10.5 Å². The summed E-state index contributed by atoms with van der Waals surface area (Å²) in [5.74, 6) is 0. The van der Waals surface area contributed by atoms with Crippen molar-refractivity contribution in [3.05, 3.63) is 29.8 Å². The van der Waals surface area contributed by atoms with Crippen LogP contribution in [0.5, 0.6) is 0 Å². The molecule has 4 heteroatoms. The molecule has 0 aliphatic carbocycles. The zero-order valence-electron chi connectivity index (χ0n) is 12.6. The van der Waals surface area contributed by atoms with Crippen LogP contribution in [-0.2, 0) is 6.42 Å². The number of aryl methyl sites for hydroxylation is 1.